The molecule has 2 aromatic carbocycles. The number of benzene rings is 2. The lowest BCUT2D eigenvalue weighted by atomic mass is 9.94. The van der Waals surface area contributed by atoms with E-state index in [4.69, 9.17) is 9.84 Å². The van der Waals surface area contributed by atoms with E-state index in [2.05, 4.69) is 23.8 Å². The molecule has 2 rings (SSSR count). The Morgan fingerprint density at radius 3 is 2.24 bits per heavy atom. The number of hydrogen-bond acceptors (Lipinski definition) is 5. The maximum atomic E-state index is 13.3. The van der Waals surface area contributed by atoms with Crippen LogP contribution >= 0.6 is 0 Å². The van der Waals surface area contributed by atoms with Gasteiger partial charge in [-0.25, -0.2) is 0 Å². The predicted octanol–water partition coefficient (Wildman–Crippen LogP) is 4.29. The van der Waals surface area contributed by atoms with E-state index in [9.17, 15) is 14.4 Å². The smallest absolute Gasteiger partial charge is 0.309 e. The van der Waals surface area contributed by atoms with Crippen LogP contribution in [-0.4, -0.2) is 42.1 Å². The summed E-state index contributed by atoms with van der Waals surface area (Å²) in [6, 6.07) is 18.7. The normalized spacial score (nSPS) is 13.8. The molecule has 0 saturated heterocycles. The Balaban J connectivity index is 2.12. The highest BCUT2D eigenvalue weighted by atomic mass is 16.5. The molecule has 0 radical (unpaired) electrons. The van der Waals surface area contributed by atoms with Crippen molar-refractivity contribution in [2.75, 3.05) is 13.2 Å². The number of rotatable bonds is 17. The zero-order chi connectivity index (χ0) is 27.8. The minimum atomic E-state index is -0.692. The van der Waals surface area contributed by atoms with E-state index in [1.165, 1.54) is 0 Å². The summed E-state index contributed by atoms with van der Waals surface area (Å²) in [6.07, 6.45) is 4.79. The molecule has 0 heterocycles. The van der Waals surface area contributed by atoms with E-state index < -0.39 is 18.1 Å². The fourth-order valence-corrected chi connectivity index (χ4v) is 4.08. The highest BCUT2D eigenvalue weighted by Gasteiger charge is 2.27. The molecule has 0 saturated carbocycles. The van der Waals surface area contributed by atoms with Crippen LogP contribution in [0.3, 0.4) is 0 Å². The number of aliphatic hydroxyl groups is 1. The van der Waals surface area contributed by atoms with Crippen LogP contribution < -0.4 is 10.6 Å². The molecule has 2 amide bonds. The molecule has 38 heavy (non-hydrogen) atoms. The minimum Gasteiger partial charge on any atom is -0.455 e. The van der Waals surface area contributed by atoms with Gasteiger partial charge in [0.15, 0.2) is 0 Å². The van der Waals surface area contributed by atoms with Gasteiger partial charge in [-0.05, 0) is 43.7 Å². The summed E-state index contributed by atoms with van der Waals surface area (Å²) < 4.78 is 5.99. The maximum absolute atomic E-state index is 13.3. The third-order valence-electron chi connectivity index (χ3n) is 6.20. The van der Waals surface area contributed by atoms with Crippen molar-refractivity contribution in [2.45, 2.75) is 51.2 Å². The molecule has 0 aliphatic carbocycles. The molecule has 2 aromatic rings. The van der Waals surface area contributed by atoms with Gasteiger partial charge in [0.25, 0.3) is 0 Å². The van der Waals surface area contributed by atoms with Gasteiger partial charge in [0.1, 0.15) is 6.10 Å². The van der Waals surface area contributed by atoms with E-state index in [1.54, 1.807) is 19.1 Å². The van der Waals surface area contributed by atoms with Gasteiger partial charge in [0, 0.05) is 12.5 Å². The number of allylic oxidation sites excluding steroid dienone is 2. The van der Waals surface area contributed by atoms with E-state index >= 15 is 0 Å². The second kappa shape index (κ2) is 16.9. The highest BCUT2D eigenvalue weighted by Crippen LogP contribution is 2.23. The second-order valence-corrected chi connectivity index (χ2v) is 9.41. The molecule has 0 aliphatic heterocycles. The monoisotopic (exact) mass is 520 g/mol. The Morgan fingerprint density at radius 1 is 0.974 bits per heavy atom. The molecular weight excluding hydrogens is 480 g/mol. The number of aliphatic hydroxyl groups excluding tert-OH is 1. The Labute approximate surface area is 226 Å². The van der Waals surface area contributed by atoms with Gasteiger partial charge in [-0.2, -0.15) is 0 Å². The Bertz CT molecular complexity index is 1030. The summed E-state index contributed by atoms with van der Waals surface area (Å²) in [5, 5.41) is 14.7. The van der Waals surface area contributed by atoms with Crippen LogP contribution in [0.1, 0.15) is 49.8 Å². The molecule has 204 valence electrons. The number of amides is 2. The van der Waals surface area contributed by atoms with Crippen molar-refractivity contribution >= 4 is 17.8 Å². The maximum Gasteiger partial charge on any atom is 0.309 e. The third-order valence-corrected chi connectivity index (χ3v) is 6.20. The van der Waals surface area contributed by atoms with Gasteiger partial charge in [-0.15, -0.1) is 13.2 Å². The minimum absolute atomic E-state index is 0.0430. The molecule has 0 unspecified atom stereocenters. The topological polar surface area (TPSA) is 105 Å². The van der Waals surface area contributed by atoms with E-state index in [-0.39, 0.29) is 43.3 Å². The van der Waals surface area contributed by atoms with Crippen LogP contribution in [0.25, 0.3) is 0 Å². The van der Waals surface area contributed by atoms with Crippen molar-refractivity contribution in [3.63, 3.8) is 0 Å². The number of ether oxygens (including phenoxy) is 1. The van der Waals surface area contributed by atoms with Crippen LogP contribution in [0.5, 0.6) is 0 Å². The number of carbonyl (C=O) groups excluding carboxylic acids is 3. The molecule has 7 heteroatoms. The van der Waals surface area contributed by atoms with Crippen molar-refractivity contribution in [1.82, 2.24) is 10.6 Å². The van der Waals surface area contributed by atoms with Gasteiger partial charge in [-0.1, -0.05) is 72.8 Å². The van der Waals surface area contributed by atoms with Crippen LogP contribution in [0.2, 0.25) is 0 Å². The number of nitrogens with one attached hydrogen (secondary N) is 2. The first-order valence-electron chi connectivity index (χ1n) is 13.1. The van der Waals surface area contributed by atoms with Crippen LogP contribution in [0.15, 0.2) is 86.0 Å². The molecular formula is C31H40N2O5. The SMILES string of the molecule is C=CCC[C@H](Cc1ccccc1)C(=O)O[C@H](CNC(=O)[C@@H](CC=C)CC(=O)N[C@@H](C)CO)c1ccccc1. The summed E-state index contributed by atoms with van der Waals surface area (Å²) in [7, 11) is 0. The Kier molecular flexibility index (Phi) is 13.6. The first kappa shape index (κ1) is 30.5. The third kappa shape index (κ3) is 10.7. The average Bonchev–Trinajstić information content (AvgIpc) is 2.93. The zero-order valence-electron chi connectivity index (χ0n) is 22.2. The summed E-state index contributed by atoms with van der Waals surface area (Å²) in [5.41, 5.74) is 1.81. The molecule has 0 aliphatic rings. The number of hydrogen-bond donors (Lipinski definition) is 3. The quantitative estimate of drug-likeness (QED) is 0.213. The summed E-state index contributed by atoms with van der Waals surface area (Å²) in [5.74, 6) is -1.99. The second-order valence-electron chi connectivity index (χ2n) is 9.41. The van der Waals surface area contributed by atoms with Crippen molar-refractivity contribution < 1.29 is 24.2 Å². The van der Waals surface area contributed by atoms with Gasteiger partial charge < -0.3 is 20.5 Å². The first-order valence-corrected chi connectivity index (χ1v) is 13.1. The van der Waals surface area contributed by atoms with Crippen molar-refractivity contribution in [1.29, 1.82) is 0 Å². The van der Waals surface area contributed by atoms with Crippen LogP contribution in [0, 0.1) is 11.8 Å². The van der Waals surface area contributed by atoms with Gasteiger partial charge in [0.2, 0.25) is 11.8 Å². The van der Waals surface area contributed by atoms with Gasteiger partial charge >= 0.3 is 5.97 Å². The molecule has 0 aromatic heterocycles. The average molecular weight is 521 g/mol. The fraction of sp³-hybridized carbons (Fsp3) is 0.387. The van der Waals surface area contributed by atoms with Crippen LogP contribution in [0.4, 0.5) is 0 Å². The lowest BCUT2D eigenvalue weighted by molar-refractivity contribution is -0.155. The van der Waals surface area contributed by atoms with Crippen molar-refractivity contribution in [3.05, 3.63) is 97.1 Å². The zero-order valence-corrected chi connectivity index (χ0v) is 22.2. The number of esters is 1. The van der Waals surface area contributed by atoms with E-state index in [1.807, 2.05) is 60.7 Å². The molecule has 0 bridgehead atoms. The van der Waals surface area contributed by atoms with Crippen molar-refractivity contribution in [2.24, 2.45) is 11.8 Å². The lowest BCUT2D eigenvalue weighted by Crippen LogP contribution is -2.40. The predicted molar refractivity (Wildman–Crippen MR) is 149 cm³/mol. The summed E-state index contributed by atoms with van der Waals surface area (Å²) in [4.78, 5) is 38.7. The molecule has 3 N–H and O–H groups in total. The fourth-order valence-electron chi connectivity index (χ4n) is 4.08. The van der Waals surface area contributed by atoms with Crippen molar-refractivity contribution in [3.8, 4) is 0 Å². The van der Waals surface area contributed by atoms with Gasteiger partial charge in [-0.3, -0.25) is 14.4 Å². The largest absolute Gasteiger partial charge is 0.455 e. The molecule has 0 fully saturated rings. The standard InChI is InChI=1S/C31H40N2O5/c1-4-6-16-27(19-24-14-9-7-10-15-24)31(37)38-28(25-17-11-8-12-18-25)21-32-30(36)26(13-5-2)20-29(35)33-23(3)22-34/h4-5,7-12,14-15,17-18,23,26-28,34H,1-2,6,13,16,19-22H2,3H3,(H,32,36)(H,33,35)/t23-,26-,27+,28+/m0/s1. The molecule has 0 spiro atoms. The number of carbonyl (C=O) groups is 3. The van der Waals surface area contributed by atoms with Gasteiger partial charge in [0.05, 0.1) is 25.0 Å². The van der Waals surface area contributed by atoms with E-state index in [0.29, 0.717) is 25.7 Å². The lowest BCUT2D eigenvalue weighted by Gasteiger charge is -2.24. The highest BCUT2D eigenvalue weighted by molar-refractivity contribution is 5.86. The molecule has 4 atom stereocenters. The Hall–Kier alpha value is -3.71. The Morgan fingerprint density at radius 2 is 1.63 bits per heavy atom. The summed E-state index contributed by atoms with van der Waals surface area (Å²) >= 11 is 0. The molecule has 7 nitrogen and oxygen atoms in total. The summed E-state index contributed by atoms with van der Waals surface area (Å²) in [6.45, 7) is 9.04. The van der Waals surface area contributed by atoms with E-state index in [0.717, 1.165) is 11.1 Å². The van der Waals surface area contributed by atoms with Crippen LogP contribution in [-0.2, 0) is 25.5 Å². The first-order chi connectivity index (χ1) is 18.4.